The maximum atomic E-state index is 10.9. The van der Waals surface area contributed by atoms with Crippen molar-refractivity contribution in [3.8, 4) is 17.1 Å². The number of imidazole rings is 1. The average molecular weight is 308 g/mol. The Morgan fingerprint density at radius 1 is 1.13 bits per heavy atom. The zero-order valence-electron chi connectivity index (χ0n) is 12.6. The van der Waals surface area contributed by atoms with Gasteiger partial charge in [0.1, 0.15) is 11.6 Å². The van der Waals surface area contributed by atoms with Gasteiger partial charge in [0.25, 0.3) is 0 Å². The van der Waals surface area contributed by atoms with Crippen LogP contribution in [0.2, 0.25) is 0 Å². The molecule has 0 saturated heterocycles. The minimum atomic E-state index is -0.918. The van der Waals surface area contributed by atoms with Crippen molar-refractivity contribution in [1.82, 2.24) is 9.55 Å². The van der Waals surface area contributed by atoms with Gasteiger partial charge in [0.15, 0.2) is 0 Å². The summed E-state index contributed by atoms with van der Waals surface area (Å²) in [5.41, 5.74) is 2.30. The van der Waals surface area contributed by atoms with Gasteiger partial charge in [-0.15, -0.1) is 0 Å². The minimum Gasteiger partial charge on any atom is -0.497 e. The molecule has 1 aromatic heterocycles. The molecule has 0 aliphatic carbocycles. The van der Waals surface area contributed by atoms with E-state index in [2.05, 4.69) is 4.98 Å². The molecule has 1 N–H and O–H groups in total. The van der Waals surface area contributed by atoms with Gasteiger partial charge < -0.3 is 14.4 Å². The number of hydrogen-bond donors (Lipinski definition) is 1. The van der Waals surface area contributed by atoms with Gasteiger partial charge in [-0.05, 0) is 42.0 Å². The van der Waals surface area contributed by atoms with Gasteiger partial charge in [0.05, 0.1) is 12.7 Å². The summed E-state index contributed by atoms with van der Waals surface area (Å²) >= 11 is 0. The lowest BCUT2D eigenvalue weighted by Crippen LogP contribution is -2.02. The van der Waals surface area contributed by atoms with Crippen molar-refractivity contribution < 1.29 is 14.6 Å². The van der Waals surface area contributed by atoms with Gasteiger partial charge in [0, 0.05) is 24.5 Å². The van der Waals surface area contributed by atoms with E-state index in [4.69, 9.17) is 9.84 Å². The van der Waals surface area contributed by atoms with E-state index in [9.17, 15) is 4.79 Å². The van der Waals surface area contributed by atoms with E-state index in [0.717, 1.165) is 22.7 Å². The van der Waals surface area contributed by atoms with E-state index in [1.165, 1.54) is 0 Å². The molecule has 0 fully saturated rings. The van der Waals surface area contributed by atoms with Crippen molar-refractivity contribution in [1.29, 1.82) is 0 Å². The van der Waals surface area contributed by atoms with Gasteiger partial charge >= 0.3 is 5.97 Å². The van der Waals surface area contributed by atoms with Crippen molar-refractivity contribution in [2.45, 2.75) is 6.54 Å². The second-order valence-electron chi connectivity index (χ2n) is 5.11. The molecule has 5 heteroatoms. The Morgan fingerprint density at radius 3 is 2.43 bits per heavy atom. The number of rotatable bonds is 5. The van der Waals surface area contributed by atoms with Crippen LogP contribution in [0.3, 0.4) is 0 Å². The van der Waals surface area contributed by atoms with Crippen molar-refractivity contribution in [2.75, 3.05) is 7.11 Å². The molecule has 2 aromatic carbocycles. The molecule has 0 spiro atoms. The first-order valence-electron chi connectivity index (χ1n) is 7.15. The van der Waals surface area contributed by atoms with Crippen molar-refractivity contribution in [2.24, 2.45) is 0 Å². The summed E-state index contributed by atoms with van der Waals surface area (Å²) < 4.78 is 7.19. The smallest absolute Gasteiger partial charge is 0.335 e. The molecule has 0 unspecified atom stereocenters. The standard InChI is InChI=1S/C18H16N2O3/c1-23-16-8-6-14(7-9-16)17-19-10-11-20(17)12-13-2-4-15(5-3-13)18(21)22/h2-11H,12H2,1H3,(H,21,22). The molecule has 23 heavy (non-hydrogen) atoms. The molecule has 0 aliphatic rings. The lowest BCUT2D eigenvalue weighted by atomic mass is 10.1. The largest absolute Gasteiger partial charge is 0.497 e. The zero-order valence-corrected chi connectivity index (χ0v) is 12.6. The van der Waals surface area contributed by atoms with Crippen molar-refractivity contribution >= 4 is 5.97 Å². The highest BCUT2D eigenvalue weighted by Crippen LogP contribution is 2.21. The SMILES string of the molecule is COc1ccc(-c2nccn2Cc2ccc(C(=O)O)cc2)cc1. The third kappa shape index (κ3) is 3.23. The molecule has 0 amide bonds. The maximum absolute atomic E-state index is 10.9. The molecule has 0 saturated carbocycles. The second kappa shape index (κ2) is 6.36. The molecule has 1 heterocycles. The summed E-state index contributed by atoms with van der Waals surface area (Å²) in [5, 5.41) is 8.94. The maximum Gasteiger partial charge on any atom is 0.335 e. The van der Waals surface area contributed by atoms with Gasteiger partial charge in [-0.2, -0.15) is 0 Å². The Kier molecular flexibility index (Phi) is 4.10. The van der Waals surface area contributed by atoms with Crippen LogP contribution in [-0.2, 0) is 6.54 Å². The molecule has 116 valence electrons. The van der Waals surface area contributed by atoms with Crippen LogP contribution in [0.5, 0.6) is 5.75 Å². The third-order valence-corrected chi connectivity index (χ3v) is 3.62. The van der Waals surface area contributed by atoms with E-state index in [0.29, 0.717) is 6.54 Å². The fourth-order valence-corrected chi connectivity index (χ4v) is 2.39. The predicted molar refractivity (Wildman–Crippen MR) is 86.7 cm³/mol. The molecule has 0 radical (unpaired) electrons. The van der Waals surface area contributed by atoms with Gasteiger partial charge in [-0.1, -0.05) is 12.1 Å². The molecule has 3 rings (SSSR count). The Bertz CT molecular complexity index is 805. The summed E-state index contributed by atoms with van der Waals surface area (Å²) in [4.78, 5) is 15.3. The molecule has 0 aliphatic heterocycles. The van der Waals surface area contributed by atoms with Gasteiger partial charge in [0.2, 0.25) is 0 Å². The highest BCUT2D eigenvalue weighted by molar-refractivity contribution is 5.87. The number of nitrogens with zero attached hydrogens (tertiary/aromatic N) is 2. The van der Waals surface area contributed by atoms with Crippen LogP contribution in [0, 0.1) is 0 Å². The molecule has 0 atom stereocenters. The van der Waals surface area contributed by atoms with Crippen LogP contribution in [0.15, 0.2) is 60.9 Å². The van der Waals surface area contributed by atoms with E-state index < -0.39 is 5.97 Å². The third-order valence-electron chi connectivity index (χ3n) is 3.62. The molecule has 5 nitrogen and oxygen atoms in total. The first kappa shape index (κ1) is 14.8. The summed E-state index contributed by atoms with van der Waals surface area (Å²) in [7, 11) is 1.64. The monoisotopic (exact) mass is 308 g/mol. The minimum absolute atomic E-state index is 0.287. The Balaban J connectivity index is 1.84. The predicted octanol–water partition coefficient (Wildman–Crippen LogP) is 3.31. The Morgan fingerprint density at radius 2 is 1.83 bits per heavy atom. The first-order valence-corrected chi connectivity index (χ1v) is 7.15. The highest BCUT2D eigenvalue weighted by Gasteiger charge is 2.08. The lowest BCUT2D eigenvalue weighted by molar-refractivity contribution is 0.0697. The van der Waals surface area contributed by atoms with Crippen molar-refractivity contribution in [3.05, 3.63) is 72.1 Å². The first-order chi connectivity index (χ1) is 11.2. The molecule has 3 aromatic rings. The topological polar surface area (TPSA) is 64.4 Å². The zero-order chi connectivity index (χ0) is 16.2. The second-order valence-corrected chi connectivity index (χ2v) is 5.11. The quantitative estimate of drug-likeness (QED) is 0.785. The number of aromatic nitrogens is 2. The summed E-state index contributed by atoms with van der Waals surface area (Å²) in [6.07, 6.45) is 3.66. The van der Waals surface area contributed by atoms with Crippen LogP contribution in [0.1, 0.15) is 15.9 Å². The highest BCUT2D eigenvalue weighted by atomic mass is 16.5. The van der Waals surface area contributed by atoms with Gasteiger partial charge in [-0.25, -0.2) is 9.78 Å². The van der Waals surface area contributed by atoms with Crippen molar-refractivity contribution in [3.63, 3.8) is 0 Å². The number of aromatic carboxylic acids is 1. The number of methoxy groups -OCH3 is 1. The van der Waals surface area contributed by atoms with E-state index in [1.54, 1.807) is 25.4 Å². The molecule has 0 bridgehead atoms. The number of hydrogen-bond acceptors (Lipinski definition) is 3. The van der Waals surface area contributed by atoms with Crippen LogP contribution >= 0.6 is 0 Å². The van der Waals surface area contributed by atoms with E-state index in [1.807, 2.05) is 47.2 Å². The molecular weight excluding hydrogens is 292 g/mol. The normalized spacial score (nSPS) is 10.5. The van der Waals surface area contributed by atoms with Crippen LogP contribution in [0.4, 0.5) is 0 Å². The summed E-state index contributed by atoms with van der Waals surface area (Å²) in [5.74, 6) is 0.740. The fourth-order valence-electron chi connectivity index (χ4n) is 2.39. The average Bonchev–Trinajstić information content (AvgIpc) is 3.03. The van der Waals surface area contributed by atoms with Crippen LogP contribution in [-0.4, -0.2) is 27.7 Å². The van der Waals surface area contributed by atoms with E-state index >= 15 is 0 Å². The summed E-state index contributed by atoms with van der Waals surface area (Å²) in [6.45, 7) is 0.626. The lowest BCUT2D eigenvalue weighted by Gasteiger charge is -2.09. The number of benzene rings is 2. The Hall–Kier alpha value is -3.08. The van der Waals surface area contributed by atoms with Crippen LogP contribution in [0.25, 0.3) is 11.4 Å². The van der Waals surface area contributed by atoms with Gasteiger partial charge in [-0.3, -0.25) is 0 Å². The van der Waals surface area contributed by atoms with E-state index in [-0.39, 0.29) is 5.56 Å². The Labute approximate surface area is 133 Å². The van der Waals surface area contributed by atoms with Crippen LogP contribution < -0.4 is 4.74 Å². The fraction of sp³-hybridized carbons (Fsp3) is 0.111. The summed E-state index contributed by atoms with van der Waals surface area (Å²) in [6, 6.07) is 14.6. The number of carbonyl (C=O) groups is 1. The number of carboxylic acid groups (broad SMARTS) is 1. The molecular formula is C18H16N2O3. The number of ether oxygens (including phenoxy) is 1. The number of carboxylic acids is 1.